The predicted octanol–water partition coefficient (Wildman–Crippen LogP) is 5.93. The summed E-state index contributed by atoms with van der Waals surface area (Å²) >= 11 is 0. The number of nitriles is 2. The van der Waals surface area contributed by atoms with Gasteiger partial charge in [0, 0.05) is 19.3 Å². The largest absolute Gasteiger partial charge is 0.455 e. The summed E-state index contributed by atoms with van der Waals surface area (Å²) in [5.41, 5.74) is -2.33. The minimum Gasteiger partial charge on any atom is -0.455 e. The average Bonchev–Trinajstić information content (AvgIpc) is 2.77. The maximum atomic E-state index is 12.4. The molecule has 0 saturated heterocycles. The lowest BCUT2D eigenvalue weighted by atomic mass is 9.95. The van der Waals surface area contributed by atoms with Crippen molar-refractivity contribution in [3.05, 3.63) is 0 Å². The molecule has 0 heterocycles. The van der Waals surface area contributed by atoms with Gasteiger partial charge < -0.3 is 14.2 Å². The lowest BCUT2D eigenvalue weighted by Gasteiger charge is -2.34. The molecule has 0 aromatic rings. The Kier molecular flexibility index (Phi) is 14.6. The van der Waals surface area contributed by atoms with E-state index in [-0.39, 0.29) is 37.2 Å². The van der Waals surface area contributed by atoms with Crippen LogP contribution in [-0.2, 0) is 13.7 Å². The summed E-state index contributed by atoms with van der Waals surface area (Å²) < 4.78 is 6.64. The van der Waals surface area contributed by atoms with Crippen LogP contribution in [0, 0.1) is 22.7 Å². The maximum absolute atomic E-state index is 12.4. The molecule has 0 aliphatic carbocycles. The van der Waals surface area contributed by atoms with Crippen LogP contribution in [0.1, 0.15) is 72.1 Å². The van der Waals surface area contributed by atoms with E-state index in [0.717, 1.165) is 37.9 Å². The minimum absolute atomic E-state index is 0.0248. The molecule has 1 N–H and O–H groups in total. The molecule has 8 nitrogen and oxygen atoms in total. The van der Waals surface area contributed by atoms with Crippen molar-refractivity contribution in [2.45, 2.75) is 121 Å². The van der Waals surface area contributed by atoms with Crippen LogP contribution in [0.5, 0.6) is 0 Å². The fraction of sp³-hybridized carbons (Fsp3) is 0.840. The molecular weight excluding hydrogens is 474 g/mol. The Balaban J connectivity index is 4.59. The Morgan fingerprint density at radius 3 is 1.80 bits per heavy atom. The van der Waals surface area contributed by atoms with E-state index in [1.807, 2.05) is 7.05 Å². The number of nitrogens with zero attached hydrogens (tertiary/aromatic N) is 4. The zero-order valence-electron chi connectivity index (χ0n) is 23.3. The van der Waals surface area contributed by atoms with Crippen LogP contribution in [0.15, 0.2) is 10.2 Å². The van der Waals surface area contributed by atoms with Crippen LogP contribution in [0.25, 0.3) is 0 Å². The van der Waals surface area contributed by atoms with Gasteiger partial charge in [-0.1, -0.05) is 6.42 Å². The molecule has 0 aromatic carbocycles. The second-order valence-electron chi connectivity index (χ2n) is 11.2. The van der Waals surface area contributed by atoms with Gasteiger partial charge in [-0.15, -0.1) is 0 Å². The lowest BCUT2D eigenvalue weighted by Crippen LogP contribution is -2.44. The zero-order valence-corrected chi connectivity index (χ0v) is 25.3. The first-order valence-corrected chi connectivity index (χ1v) is 19.0. The average molecular weight is 522 g/mol. The summed E-state index contributed by atoms with van der Waals surface area (Å²) in [4.78, 5) is 23.7. The smallest absolute Gasteiger partial charge is 0.173 e. The number of hydrogen-bond acceptors (Lipinski definition) is 8. The normalized spacial score (nSPS) is 15.7. The van der Waals surface area contributed by atoms with Crippen LogP contribution in [0.2, 0.25) is 38.3 Å². The van der Waals surface area contributed by atoms with Crippen LogP contribution in [-0.4, -0.2) is 52.9 Å². The number of nitrogens with one attached hydrogen (secondary N) is 1. The zero-order chi connectivity index (χ0) is 27.2. The van der Waals surface area contributed by atoms with Crippen molar-refractivity contribution in [3.63, 3.8) is 0 Å². The molecule has 0 bridgehead atoms. The van der Waals surface area contributed by atoms with Gasteiger partial charge in [0.1, 0.15) is 11.6 Å². The maximum Gasteiger partial charge on any atom is 0.173 e. The predicted molar refractivity (Wildman–Crippen MR) is 145 cm³/mol. The summed E-state index contributed by atoms with van der Waals surface area (Å²) in [6.07, 6.45) is 4.41. The van der Waals surface area contributed by atoms with Crippen molar-refractivity contribution in [1.29, 1.82) is 10.5 Å². The third-order valence-corrected chi connectivity index (χ3v) is 13.6. The van der Waals surface area contributed by atoms with E-state index in [4.69, 9.17) is 4.12 Å². The van der Waals surface area contributed by atoms with Gasteiger partial charge in [0.15, 0.2) is 27.7 Å². The van der Waals surface area contributed by atoms with Crippen molar-refractivity contribution >= 4 is 28.2 Å². The van der Waals surface area contributed by atoms with Gasteiger partial charge in [0.25, 0.3) is 0 Å². The Morgan fingerprint density at radius 1 is 0.857 bits per heavy atom. The fourth-order valence-corrected chi connectivity index (χ4v) is 12.7. The van der Waals surface area contributed by atoms with E-state index in [9.17, 15) is 20.1 Å². The van der Waals surface area contributed by atoms with Crippen LogP contribution < -0.4 is 5.32 Å². The van der Waals surface area contributed by atoms with Crippen molar-refractivity contribution in [2.75, 3.05) is 13.6 Å². The van der Waals surface area contributed by atoms with E-state index in [1.54, 1.807) is 13.8 Å². The van der Waals surface area contributed by atoms with E-state index in [0.29, 0.717) is 6.42 Å². The molecule has 0 aliphatic heterocycles. The molecule has 0 rings (SSSR count). The molecule has 2 atom stereocenters. The number of hydrogen-bond donors (Lipinski definition) is 1. The first kappa shape index (κ1) is 33.3. The molecule has 0 amide bonds. The van der Waals surface area contributed by atoms with Crippen molar-refractivity contribution in [3.8, 4) is 12.1 Å². The number of carbonyl (C=O) groups excluding carboxylic acids is 2. The topological polar surface area (TPSA) is 128 Å². The van der Waals surface area contributed by atoms with Gasteiger partial charge in [0.05, 0.1) is 12.1 Å². The van der Waals surface area contributed by atoms with Gasteiger partial charge in [0.2, 0.25) is 0 Å². The van der Waals surface area contributed by atoms with Crippen molar-refractivity contribution in [1.82, 2.24) is 5.32 Å². The SMILES string of the molecule is CNCCC[Si](C)(C)O[Si](C)(C)CCCCC(=O)CCC(C)(C#N)N=NC(C)(C#N)CCC(C)=O. The number of carbonyl (C=O) groups is 2. The number of rotatable bonds is 19. The summed E-state index contributed by atoms with van der Waals surface area (Å²) in [7, 11) is -1.45. The lowest BCUT2D eigenvalue weighted by molar-refractivity contribution is -0.119. The molecule has 0 spiro atoms. The Hall–Kier alpha value is -1.73. The highest BCUT2D eigenvalue weighted by Crippen LogP contribution is 2.26. The van der Waals surface area contributed by atoms with Gasteiger partial charge in [-0.25, -0.2) is 0 Å². The third kappa shape index (κ3) is 15.8. The van der Waals surface area contributed by atoms with Crippen LogP contribution in [0.3, 0.4) is 0 Å². The van der Waals surface area contributed by atoms with Crippen molar-refractivity contribution < 1.29 is 13.7 Å². The molecular formula is C25H47N5O3Si2. The number of Topliss-reactive ketones (excluding diaryl/α,β-unsaturated/α-hetero) is 2. The molecule has 0 saturated carbocycles. The van der Waals surface area contributed by atoms with Gasteiger partial charge >= 0.3 is 0 Å². The molecule has 0 radical (unpaired) electrons. The van der Waals surface area contributed by atoms with E-state index in [2.05, 4.69) is 53.9 Å². The highest BCUT2D eigenvalue weighted by Gasteiger charge is 2.32. The van der Waals surface area contributed by atoms with Crippen LogP contribution in [0.4, 0.5) is 0 Å². The standard InChI is InChI=1S/C25H47N5O3Si2/c1-22(31)13-15-24(2,20-26)29-30-25(3,21-27)16-14-23(32)12-9-10-18-34(5,6)33-35(7,8)19-11-17-28-4/h28H,9-19H2,1-8H3. The fourth-order valence-electron chi connectivity index (χ4n) is 3.82. The molecule has 198 valence electrons. The molecule has 10 heteroatoms. The molecule has 2 unspecified atom stereocenters. The monoisotopic (exact) mass is 521 g/mol. The Bertz CT molecular complexity index is 804. The van der Waals surface area contributed by atoms with Gasteiger partial charge in [-0.05, 0) is 98.3 Å². The van der Waals surface area contributed by atoms with E-state index in [1.165, 1.54) is 6.92 Å². The van der Waals surface area contributed by atoms with E-state index >= 15 is 0 Å². The highest BCUT2D eigenvalue weighted by molar-refractivity contribution is 6.84. The molecule has 35 heavy (non-hydrogen) atoms. The molecule has 0 aliphatic rings. The number of azo groups is 1. The second-order valence-corrected chi connectivity index (χ2v) is 20.1. The first-order valence-electron chi connectivity index (χ1n) is 12.7. The first-order chi connectivity index (χ1) is 16.1. The second kappa shape index (κ2) is 15.4. The Labute approximate surface area is 215 Å². The van der Waals surface area contributed by atoms with Crippen LogP contribution >= 0.6 is 0 Å². The van der Waals surface area contributed by atoms with E-state index < -0.39 is 27.7 Å². The summed E-state index contributed by atoms with van der Waals surface area (Å²) in [6, 6.07) is 6.39. The minimum atomic E-state index is -1.76. The van der Waals surface area contributed by atoms with Gasteiger partial charge in [-0.3, -0.25) is 4.79 Å². The number of ketones is 2. The molecule has 0 aromatic heterocycles. The quantitative estimate of drug-likeness (QED) is 0.127. The molecule has 0 fully saturated rings. The third-order valence-electron chi connectivity index (χ3n) is 6.07. The van der Waals surface area contributed by atoms with Gasteiger partial charge in [-0.2, -0.15) is 20.8 Å². The summed E-state index contributed by atoms with van der Waals surface area (Å²) in [5, 5.41) is 30.4. The summed E-state index contributed by atoms with van der Waals surface area (Å²) in [6.45, 7) is 14.9. The van der Waals surface area contributed by atoms with Crippen molar-refractivity contribution in [2.24, 2.45) is 10.2 Å². The Morgan fingerprint density at radius 2 is 1.34 bits per heavy atom. The highest BCUT2D eigenvalue weighted by atomic mass is 28.4. The number of unbranched alkanes of at least 4 members (excludes halogenated alkanes) is 1. The summed E-state index contributed by atoms with van der Waals surface area (Å²) in [5.74, 6) is 0.0895.